The summed E-state index contributed by atoms with van der Waals surface area (Å²) in [7, 11) is 0. The predicted octanol–water partition coefficient (Wildman–Crippen LogP) is 14.8. The van der Waals surface area contributed by atoms with Crippen LogP contribution < -0.4 is 0 Å². The van der Waals surface area contributed by atoms with Crippen LogP contribution in [0.4, 0.5) is 0 Å². The second-order valence-electron chi connectivity index (χ2n) is 15.3. The first kappa shape index (κ1) is 33.9. The number of aliphatic imine (C=N–C) groups is 2. The van der Waals surface area contributed by atoms with E-state index in [4.69, 9.17) is 14.4 Å². The van der Waals surface area contributed by atoms with Crippen molar-refractivity contribution in [2.24, 2.45) is 9.98 Å². The summed E-state index contributed by atoms with van der Waals surface area (Å²) in [5, 5.41) is 9.31. The van der Waals surface area contributed by atoms with Crippen molar-refractivity contribution >= 4 is 71.5 Å². The molecule has 0 spiro atoms. The van der Waals surface area contributed by atoms with Crippen molar-refractivity contribution < 1.29 is 4.42 Å². The summed E-state index contributed by atoms with van der Waals surface area (Å²) < 4.78 is 6.77. The second kappa shape index (κ2) is 14.0. The molecule has 0 bridgehead atoms. The van der Waals surface area contributed by atoms with Crippen LogP contribution in [0, 0.1) is 0 Å². The molecule has 11 rings (SSSR count). The van der Waals surface area contributed by atoms with Gasteiger partial charge in [0, 0.05) is 27.5 Å². The summed E-state index contributed by atoms with van der Waals surface area (Å²) in [6.45, 7) is 2.23. The maximum Gasteiger partial charge on any atom is 0.160 e. The Bertz CT molecular complexity index is 3350. The highest BCUT2D eigenvalue weighted by Gasteiger charge is 2.22. The molecule has 0 saturated carbocycles. The van der Waals surface area contributed by atoms with Crippen molar-refractivity contribution in [2.75, 3.05) is 0 Å². The summed E-state index contributed by atoms with van der Waals surface area (Å²) >= 11 is 0. The molecule has 274 valence electrons. The van der Waals surface area contributed by atoms with Gasteiger partial charge in [-0.2, -0.15) is 0 Å². The lowest BCUT2D eigenvalue weighted by Gasteiger charge is -2.18. The fourth-order valence-corrected chi connectivity index (χ4v) is 8.81. The van der Waals surface area contributed by atoms with E-state index < -0.39 is 0 Å². The average molecular weight is 743 g/mol. The first-order chi connectivity index (χ1) is 28.7. The molecule has 0 saturated heterocycles. The van der Waals surface area contributed by atoms with Crippen molar-refractivity contribution in [3.8, 4) is 22.3 Å². The topological polar surface area (TPSA) is 37.9 Å². The highest BCUT2D eigenvalue weighted by Crippen LogP contribution is 2.44. The van der Waals surface area contributed by atoms with Gasteiger partial charge < -0.3 is 4.42 Å². The van der Waals surface area contributed by atoms with Gasteiger partial charge >= 0.3 is 0 Å². The fourth-order valence-electron chi connectivity index (χ4n) is 8.81. The molecule has 1 aliphatic heterocycles. The lowest BCUT2D eigenvalue weighted by molar-refractivity contribution is 0.670. The minimum absolute atomic E-state index is 0.717. The van der Waals surface area contributed by atoms with Gasteiger partial charge in [-0.25, -0.2) is 9.98 Å². The van der Waals surface area contributed by atoms with Crippen molar-refractivity contribution in [1.82, 2.24) is 0 Å². The molecule has 0 atom stereocenters. The molecular weight excluding hydrogens is 705 g/mol. The second-order valence-corrected chi connectivity index (χ2v) is 15.3. The zero-order chi connectivity index (χ0) is 38.6. The van der Waals surface area contributed by atoms with Crippen LogP contribution in [0.2, 0.25) is 0 Å². The predicted molar refractivity (Wildman–Crippen MR) is 245 cm³/mol. The van der Waals surface area contributed by atoms with Gasteiger partial charge in [-0.1, -0.05) is 158 Å². The van der Waals surface area contributed by atoms with Gasteiger partial charge in [-0.05, 0) is 110 Å². The van der Waals surface area contributed by atoms with Gasteiger partial charge in [-0.3, -0.25) is 0 Å². The maximum atomic E-state index is 6.77. The van der Waals surface area contributed by atoms with Gasteiger partial charge in [0.05, 0.1) is 11.4 Å². The molecule has 2 heterocycles. The minimum atomic E-state index is 0.717. The zero-order valence-corrected chi connectivity index (χ0v) is 32.1. The van der Waals surface area contributed by atoms with E-state index in [0.717, 1.165) is 102 Å². The Kier molecular flexibility index (Phi) is 8.18. The van der Waals surface area contributed by atoms with E-state index in [1.807, 2.05) is 6.07 Å². The molecule has 0 fully saturated rings. The average Bonchev–Trinajstić information content (AvgIpc) is 3.67. The number of rotatable bonds is 5. The number of furan rings is 1. The van der Waals surface area contributed by atoms with Gasteiger partial charge in [-0.15, -0.1) is 0 Å². The van der Waals surface area contributed by atoms with Crippen molar-refractivity contribution in [2.45, 2.75) is 19.8 Å². The first-order valence-electron chi connectivity index (χ1n) is 20.0. The van der Waals surface area contributed by atoms with Crippen LogP contribution in [0.25, 0.3) is 82.2 Å². The number of hydrogen-bond acceptors (Lipinski definition) is 3. The fraction of sp³-hybridized carbons (Fsp3) is 0.0545. The van der Waals surface area contributed by atoms with E-state index >= 15 is 0 Å². The summed E-state index contributed by atoms with van der Waals surface area (Å²) in [6.07, 6.45) is 1.69. The van der Waals surface area contributed by atoms with E-state index in [1.54, 1.807) is 0 Å². The number of hydrogen-bond donors (Lipinski definition) is 0. The molecule has 9 aromatic carbocycles. The Hall–Kier alpha value is -7.36. The summed E-state index contributed by atoms with van der Waals surface area (Å²) in [6, 6.07) is 67.0. The van der Waals surface area contributed by atoms with Gasteiger partial charge in [0.2, 0.25) is 0 Å². The standard InChI is InChI=1S/C55H38N2O/c1-35-23-32-50(38-15-3-2-4-16-38)56-55(57-53(35)42-27-25-37-14-6-8-18-40(37)34-42)48-31-29-46(44-19-9-10-20-45(44)48)47-30-28-43(41-26-24-36-13-5-7-17-39(36)33-41)54-52(47)49-21-11-12-22-51(49)58-54/h2-22,24-31,33-34H,23,32H2,1H3/b53-35-,56-50?,57-55?. The van der Waals surface area contributed by atoms with Crippen molar-refractivity contribution in [3.05, 3.63) is 210 Å². The molecule has 0 amide bonds. The third kappa shape index (κ3) is 5.83. The molecule has 3 heteroatoms. The van der Waals surface area contributed by atoms with Gasteiger partial charge in [0.1, 0.15) is 11.2 Å². The van der Waals surface area contributed by atoms with E-state index in [1.165, 1.54) is 27.1 Å². The molecule has 58 heavy (non-hydrogen) atoms. The van der Waals surface area contributed by atoms with Crippen molar-refractivity contribution in [1.29, 1.82) is 0 Å². The molecule has 10 aromatic rings. The Balaban J connectivity index is 1.13. The number of amidine groups is 1. The number of para-hydroxylation sites is 1. The zero-order valence-electron chi connectivity index (χ0n) is 32.1. The number of fused-ring (bicyclic) bond motifs is 6. The Labute approximate surface area is 337 Å². The largest absolute Gasteiger partial charge is 0.455 e. The van der Waals surface area contributed by atoms with Gasteiger partial charge in [0.15, 0.2) is 5.84 Å². The van der Waals surface area contributed by atoms with Crippen LogP contribution in [0.3, 0.4) is 0 Å². The smallest absolute Gasteiger partial charge is 0.160 e. The highest BCUT2D eigenvalue weighted by molar-refractivity contribution is 6.22. The minimum Gasteiger partial charge on any atom is -0.455 e. The molecule has 0 N–H and O–H groups in total. The number of allylic oxidation sites excluding steroid dienone is 1. The summed E-state index contributed by atoms with van der Waals surface area (Å²) in [5.74, 6) is 0.717. The maximum absolute atomic E-state index is 6.77. The Morgan fingerprint density at radius 2 is 0.983 bits per heavy atom. The molecule has 0 aliphatic carbocycles. The quantitative estimate of drug-likeness (QED) is 0.173. The van der Waals surface area contributed by atoms with Crippen LogP contribution in [-0.4, -0.2) is 11.5 Å². The number of benzene rings is 9. The van der Waals surface area contributed by atoms with Crippen LogP contribution >= 0.6 is 0 Å². The Morgan fingerprint density at radius 3 is 1.74 bits per heavy atom. The summed E-state index contributed by atoms with van der Waals surface area (Å²) in [5.41, 5.74) is 12.8. The normalized spacial score (nSPS) is 14.8. The third-order valence-corrected chi connectivity index (χ3v) is 11.8. The summed E-state index contributed by atoms with van der Waals surface area (Å²) in [4.78, 5) is 11.0. The molecule has 0 unspecified atom stereocenters. The monoisotopic (exact) mass is 742 g/mol. The van der Waals surface area contributed by atoms with E-state index in [-0.39, 0.29) is 0 Å². The molecular formula is C55H38N2O. The SMILES string of the molecule is C/C1=C(\c2ccc3ccccc3c2)N=C(c2ccc(-c3ccc(-c4ccc5ccccc5c4)c4oc5ccccc5c34)c3ccccc23)N=C(c2ccccc2)CC1. The van der Waals surface area contributed by atoms with Crippen LogP contribution in [0.5, 0.6) is 0 Å². The lowest BCUT2D eigenvalue weighted by Crippen LogP contribution is -2.11. The lowest BCUT2D eigenvalue weighted by atomic mass is 9.90. The van der Waals surface area contributed by atoms with E-state index in [2.05, 4.69) is 189 Å². The van der Waals surface area contributed by atoms with Crippen molar-refractivity contribution in [3.63, 3.8) is 0 Å². The number of nitrogens with zero attached hydrogens (tertiary/aromatic N) is 2. The molecule has 3 nitrogen and oxygen atoms in total. The molecule has 1 aromatic heterocycles. The van der Waals surface area contributed by atoms with Crippen LogP contribution in [0.15, 0.2) is 208 Å². The molecule has 1 aliphatic rings. The van der Waals surface area contributed by atoms with E-state index in [0.29, 0.717) is 0 Å². The Morgan fingerprint density at radius 1 is 0.414 bits per heavy atom. The van der Waals surface area contributed by atoms with Crippen LogP contribution in [0.1, 0.15) is 36.5 Å². The molecule has 0 radical (unpaired) electrons. The highest BCUT2D eigenvalue weighted by atomic mass is 16.3. The first-order valence-corrected chi connectivity index (χ1v) is 20.0. The van der Waals surface area contributed by atoms with Crippen LogP contribution in [-0.2, 0) is 0 Å². The van der Waals surface area contributed by atoms with E-state index in [9.17, 15) is 0 Å². The third-order valence-electron chi connectivity index (χ3n) is 11.8. The van der Waals surface area contributed by atoms with Gasteiger partial charge in [0.25, 0.3) is 0 Å².